The molecule has 3 aromatic carbocycles. The lowest BCUT2D eigenvalue weighted by molar-refractivity contribution is 0.0473. The monoisotopic (exact) mass is 487 g/mol. The van der Waals surface area contributed by atoms with Crippen LogP contribution in [0.4, 0.5) is 0 Å². The van der Waals surface area contributed by atoms with Crippen LogP contribution >= 0.6 is 23.2 Å². The largest absolute Gasteiger partial charge is 0.457 e. The predicted molar refractivity (Wildman–Crippen MR) is 139 cm³/mol. The summed E-state index contributed by atoms with van der Waals surface area (Å²) >= 11 is 12.3. The molecule has 5 heteroatoms. The summed E-state index contributed by atoms with van der Waals surface area (Å²) < 4.78 is 5.78. The second kappa shape index (κ2) is 9.61. The van der Waals surface area contributed by atoms with Crippen molar-refractivity contribution in [1.82, 2.24) is 4.98 Å². The quantitative estimate of drug-likeness (QED) is 0.273. The first-order chi connectivity index (χ1) is 16.5. The van der Waals surface area contributed by atoms with Crippen molar-refractivity contribution in [1.29, 1.82) is 0 Å². The van der Waals surface area contributed by atoms with Crippen LogP contribution in [0, 0.1) is 5.92 Å². The Labute approximate surface area is 209 Å². The second-order valence-corrected chi connectivity index (χ2v) is 9.58. The number of nitrogens with zero attached hydrogens (tertiary/aromatic N) is 1. The highest BCUT2D eigenvalue weighted by molar-refractivity contribution is 6.35. The molecule has 3 nitrogen and oxygen atoms in total. The molecule has 5 rings (SSSR count). The molecule has 0 spiro atoms. The third-order valence-electron chi connectivity index (χ3n) is 6.14. The number of fused-ring (bicyclic) bond motifs is 2. The number of hydrogen-bond donors (Lipinski definition) is 0. The number of hydrogen-bond acceptors (Lipinski definition) is 3. The van der Waals surface area contributed by atoms with Crippen molar-refractivity contribution < 1.29 is 9.53 Å². The van der Waals surface area contributed by atoms with Gasteiger partial charge in [0, 0.05) is 21.0 Å². The summed E-state index contributed by atoms with van der Waals surface area (Å²) in [6.07, 6.45) is 3.85. The smallest absolute Gasteiger partial charge is 0.339 e. The number of ether oxygens (including phenoxy) is 1. The van der Waals surface area contributed by atoms with Gasteiger partial charge in [-0.25, -0.2) is 9.78 Å². The summed E-state index contributed by atoms with van der Waals surface area (Å²) in [4.78, 5) is 18.5. The fourth-order valence-electron chi connectivity index (χ4n) is 4.57. The van der Waals surface area contributed by atoms with Crippen LogP contribution in [0.1, 0.15) is 46.1 Å². The standard InChI is InChI=1S/C29H23Cl2NO2/c1-18-13-21(15-19-7-3-2-4-8-19)28-24(14-18)27(23-9-5-6-10-26(23)32-28)29(33)34-17-20-11-12-22(30)16-25(20)31/h2-12,15-16,18H,13-14,17H2,1H3. The van der Waals surface area contributed by atoms with Gasteiger partial charge in [0.25, 0.3) is 0 Å². The molecule has 0 N–H and O–H groups in total. The molecule has 1 atom stereocenters. The van der Waals surface area contributed by atoms with E-state index in [1.165, 1.54) is 0 Å². The third kappa shape index (κ3) is 4.59. The lowest BCUT2D eigenvalue weighted by atomic mass is 9.80. The molecule has 1 aliphatic carbocycles. The van der Waals surface area contributed by atoms with E-state index >= 15 is 0 Å². The molecule has 0 aliphatic heterocycles. The average molecular weight is 488 g/mol. The highest BCUT2D eigenvalue weighted by Gasteiger charge is 2.29. The molecular formula is C29H23Cl2NO2. The van der Waals surface area contributed by atoms with Crippen LogP contribution in [0.15, 0.2) is 72.8 Å². The molecular weight excluding hydrogens is 465 g/mol. The second-order valence-electron chi connectivity index (χ2n) is 8.74. The molecule has 1 aliphatic rings. The van der Waals surface area contributed by atoms with E-state index in [9.17, 15) is 4.79 Å². The van der Waals surface area contributed by atoms with Gasteiger partial charge in [-0.3, -0.25) is 0 Å². The number of pyridine rings is 1. The maximum Gasteiger partial charge on any atom is 0.339 e. The van der Waals surface area contributed by atoms with Gasteiger partial charge >= 0.3 is 5.97 Å². The minimum atomic E-state index is -0.367. The molecule has 0 saturated carbocycles. The number of halogens is 2. The topological polar surface area (TPSA) is 39.2 Å². The third-order valence-corrected chi connectivity index (χ3v) is 6.72. The van der Waals surface area contributed by atoms with Crippen molar-refractivity contribution in [3.63, 3.8) is 0 Å². The van der Waals surface area contributed by atoms with Gasteiger partial charge in [-0.1, -0.05) is 84.7 Å². The Balaban J connectivity index is 1.59. The van der Waals surface area contributed by atoms with E-state index in [1.54, 1.807) is 18.2 Å². The molecule has 0 radical (unpaired) electrons. The van der Waals surface area contributed by atoms with Crippen LogP contribution in [0.3, 0.4) is 0 Å². The zero-order valence-corrected chi connectivity index (χ0v) is 20.2. The van der Waals surface area contributed by atoms with Crippen LogP contribution in [-0.2, 0) is 17.8 Å². The van der Waals surface area contributed by atoms with Crippen LogP contribution in [-0.4, -0.2) is 11.0 Å². The van der Waals surface area contributed by atoms with Crippen molar-refractivity contribution in [2.45, 2.75) is 26.4 Å². The summed E-state index contributed by atoms with van der Waals surface area (Å²) in [5.41, 5.74) is 6.19. The lowest BCUT2D eigenvalue weighted by Crippen LogP contribution is -2.19. The number of carbonyl (C=O) groups is 1. The number of para-hydroxylation sites is 1. The molecule has 0 fully saturated rings. The van der Waals surface area contributed by atoms with Gasteiger partial charge in [0.2, 0.25) is 0 Å². The number of allylic oxidation sites excluding steroid dienone is 1. The summed E-state index contributed by atoms with van der Waals surface area (Å²) in [6.45, 7) is 2.28. The van der Waals surface area contributed by atoms with E-state index < -0.39 is 0 Å². The van der Waals surface area contributed by atoms with Gasteiger partial charge in [-0.2, -0.15) is 0 Å². The van der Waals surface area contributed by atoms with E-state index in [-0.39, 0.29) is 12.6 Å². The van der Waals surface area contributed by atoms with E-state index in [2.05, 4.69) is 25.1 Å². The first-order valence-electron chi connectivity index (χ1n) is 11.3. The zero-order chi connectivity index (χ0) is 23.7. The molecule has 1 aromatic heterocycles. The summed E-state index contributed by atoms with van der Waals surface area (Å²) in [7, 11) is 0. The number of benzene rings is 3. The van der Waals surface area contributed by atoms with Gasteiger partial charge in [0.15, 0.2) is 0 Å². The molecule has 170 valence electrons. The number of esters is 1. The Bertz CT molecular complexity index is 1410. The van der Waals surface area contributed by atoms with E-state index in [0.717, 1.165) is 46.1 Å². The van der Waals surface area contributed by atoms with Gasteiger partial charge in [-0.15, -0.1) is 0 Å². The Hall–Kier alpha value is -3.14. The van der Waals surface area contributed by atoms with Crippen LogP contribution in [0.2, 0.25) is 10.0 Å². The van der Waals surface area contributed by atoms with Crippen molar-refractivity contribution in [3.8, 4) is 0 Å². The van der Waals surface area contributed by atoms with Crippen molar-refractivity contribution in [2.24, 2.45) is 5.92 Å². The maximum atomic E-state index is 13.5. The van der Waals surface area contributed by atoms with Gasteiger partial charge < -0.3 is 4.74 Å². The summed E-state index contributed by atoms with van der Waals surface area (Å²) in [5, 5.41) is 1.83. The van der Waals surface area contributed by atoms with Crippen molar-refractivity contribution in [2.75, 3.05) is 0 Å². The van der Waals surface area contributed by atoms with Crippen LogP contribution in [0.5, 0.6) is 0 Å². The average Bonchev–Trinajstić information content (AvgIpc) is 2.83. The normalized spacial score (nSPS) is 16.4. The van der Waals surface area contributed by atoms with Crippen molar-refractivity contribution in [3.05, 3.63) is 111 Å². The molecule has 34 heavy (non-hydrogen) atoms. The summed E-state index contributed by atoms with van der Waals surface area (Å²) in [5.74, 6) is 0.0108. The Morgan fingerprint density at radius 1 is 1.03 bits per heavy atom. The van der Waals surface area contributed by atoms with Crippen LogP contribution in [0.25, 0.3) is 22.6 Å². The highest BCUT2D eigenvalue weighted by Crippen LogP contribution is 2.39. The fraction of sp³-hybridized carbons (Fsp3) is 0.172. The van der Waals surface area contributed by atoms with E-state index in [0.29, 0.717) is 27.1 Å². The lowest BCUT2D eigenvalue weighted by Gasteiger charge is -2.26. The Morgan fingerprint density at radius 2 is 1.79 bits per heavy atom. The highest BCUT2D eigenvalue weighted by atomic mass is 35.5. The molecule has 0 saturated heterocycles. The van der Waals surface area contributed by atoms with Gasteiger partial charge in [0.05, 0.1) is 16.8 Å². The van der Waals surface area contributed by atoms with Gasteiger partial charge in [0.1, 0.15) is 6.61 Å². The van der Waals surface area contributed by atoms with Crippen molar-refractivity contribution >= 4 is 51.7 Å². The molecule has 0 amide bonds. The van der Waals surface area contributed by atoms with E-state index in [1.807, 2.05) is 42.5 Å². The molecule has 1 unspecified atom stereocenters. The predicted octanol–water partition coefficient (Wildman–Crippen LogP) is 8.02. The zero-order valence-electron chi connectivity index (χ0n) is 18.7. The van der Waals surface area contributed by atoms with Crippen LogP contribution < -0.4 is 0 Å². The number of aromatic nitrogens is 1. The number of rotatable bonds is 4. The minimum absolute atomic E-state index is 0.0719. The number of carbonyl (C=O) groups excluding carboxylic acids is 1. The van der Waals surface area contributed by atoms with E-state index in [4.69, 9.17) is 32.9 Å². The molecule has 4 aromatic rings. The maximum absolute atomic E-state index is 13.5. The Morgan fingerprint density at radius 3 is 2.59 bits per heavy atom. The first kappa shape index (κ1) is 22.6. The fourth-order valence-corrected chi connectivity index (χ4v) is 5.04. The molecule has 0 bridgehead atoms. The first-order valence-corrected chi connectivity index (χ1v) is 12.0. The SMILES string of the molecule is CC1CC(=Cc2ccccc2)c2nc3ccccc3c(C(=O)OCc3ccc(Cl)cc3Cl)c2C1. The Kier molecular flexibility index (Phi) is 6.40. The summed E-state index contributed by atoms with van der Waals surface area (Å²) in [6, 6.07) is 23.1. The van der Waals surface area contributed by atoms with Gasteiger partial charge in [-0.05, 0) is 59.7 Å². The molecule has 1 heterocycles. The minimum Gasteiger partial charge on any atom is -0.457 e.